The molecule has 3 aliphatic rings. The molecule has 4 amide bonds. The maximum Gasteiger partial charge on any atom is 0.407 e. The smallest absolute Gasteiger partial charge is 0.407 e. The molecule has 61 heavy (non-hydrogen) atoms. The fourth-order valence-electron chi connectivity index (χ4n) is 10.0. The van der Waals surface area contributed by atoms with Crippen LogP contribution in [0.4, 0.5) is 9.59 Å². The van der Waals surface area contributed by atoms with Crippen molar-refractivity contribution in [2.75, 3.05) is 27.9 Å². The van der Waals surface area contributed by atoms with Gasteiger partial charge in [0, 0.05) is 30.5 Å². The first-order chi connectivity index (χ1) is 29.5. The van der Waals surface area contributed by atoms with Gasteiger partial charge in [-0.05, 0) is 97.0 Å². The largest absolute Gasteiger partial charge is 0.453 e. The van der Waals surface area contributed by atoms with Gasteiger partial charge in [-0.3, -0.25) is 9.59 Å². The van der Waals surface area contributed by atoms with E-state index in [1.807, 2.05) is 29.7 Å². The number of ether oxygens (including phenoxy) is 3. The molecule has 0 spiro atoms. The molecule has 2 aliphatic heterocycles. The van der Waals surface area contributed by atoms with Crippen LogP contribution >= 0.6 is 0 Å². The molecule has 1 aliphatic carbocycles. The number of hydrogen-bond donors (Lipinski definition) is 4. The van der Waals surface area contributed by atoms with Crippen molar-refractivity contribution in [1.82, 2.24) is 40.4 Å². The quantitative estimate of drug-likeness (QED) is 0.110. The first-order valence-electron chi connectivity index (χ1n) is 21.2. The number of nitrogens with zero attached hydrogens (tertiary/aromatic N) is 4. The molecule has 1 saturated carbocycles. The third-order valence-corrected chi connectivity index (χ3v) is 13.2. The van der Waals surface area contributed by atoms with Crippen LogP contribution in [0, 0.1) is 11.8 Å². The molecule has 2 saturated heterocycles. The second-order valence-corrected chi connectivity index (χ2v) is 17.1. The van der Waals surface area contributed by atoms with Crippen molar-refractivity contribution in [1.29, 1.82) is 0 Å². The monoisotopic (exact) mass is 828 g/mol. The summed E-state index contributed by atoms with van der Waals surface area (Å²) >= 11 is 0. The highest BCUT2D eigenvalue weighted by Gasteiger charge is 2.52. The number of aromatic nitrogens is 4. The lowest BCUT2D eigenvalue weighted by Crippen LogP contribution is -2.56. The maximum absolute atomic E-state index is 14.2. The average molecular weight is 829 g/mol. The number of hydrogen-bond acceptors (Lipinski definition) is 9. The molecule has 2 bridgehead atoms. The number of likely N-dealkylation sites (tertiary alicyclic amines) is 2. The van der Waals surface area contributed by atoms with E-state index in [1.165, 1.54) is 21.3 Å². The Balaban J connectivity index is 0.986. The summed E-state index contributed by atoms with van der Waals surface area (Å²) in [7, 11) is 4.10. The number of alkyl carbamates (subject to hydrolysis) is 2. The second-order valence-electron chi connectivity index (χ2n) is 17.1. The number of benzene rings is 4. The lowest BCUT2D eigenvalue weighted by Gasteiger charge is -2.37. The number of rotatable bonds is 10. The highest BCUT2D eigenvalue weighted by atomic mass is 16.5. The maximum atomic E-state index is 14.2. The van der Waals surface area contributed by atoms with E-state index >= 15 is 0 Å². The number of aromatic amines is 2. The number of carbonyl (C=O) groups is 4. The van der Waals surface area contributed by atoms with Crippen LogP contribution in [0.25, 0.3) is 54.7 Å². The minimum atomic E-state index is -0.900. The van der Waals surface area contributed by atoms with Crippen LogP contribution in [0.5, 0.6) is 0 Å². The van der Waals surface area contributed by atoms with Crippen molar-refractivity contribution < 1.29 is 33.4 Å². The Labute approximate surface area is 352 Å². The Hall–Kier alpha value is -6.22. The summed E-state index contributed by atoms with van der Waals surface area (Å²) in [5.74, 6) is 1.29. The molecule has 7 atom stereocenters. The minimum absolute atomic E-state index is 0.0586. The van der Waals surface area contributed by atoms with Crippen LogP contribution < -0.4 is 10.6 Å². The van der Waals surface area contributed by atoms with Crippen molar-refractivity contribution >= 4 is 67.6 Å². The topological polar surface area (TPSA) is 184 Å². The lowest BCUT2D eigenvalue weighted by atomic mass is 9.97. The number of amides is 4. The van der Waals surface area contributed by atoms with Crippen LogP contribution in [0.3, 0.4) is 0 Å². The van der Waals surface area contributed by atoms with Crippen LogP contribution in [0.1, 0.15) is 76.6 Å². The van der Waals surface area contributed by atoms with Gasteiger partial charge in [0.2, 0.25) is 11.8 Å². The normalized spacial score (nSPS) is 21.4. The molecular weight excluding hydrogens is 777 g/mol. The fourth-order valence-corrected chi connectivity index (χ4v) is 10.0. The molecule has 318 valence electrons. The second kappa shape index (κ2) is 16.0. The van der Waals surface area contributed by atoms with Gasteiger partial charge in [-0.25, -0.2) is 19.6 Å². The number of carbonyl (C=O) groups excluding carboxylic acids is 4. The van der Waals surface area contributed by atoms with E-state index in [4.69, 9.17) is 24.2 Å². The van der Waals surface area contributed by atoms with E-state index in [1.54, 1.807) is 6.92 Å². The molecule has 4 aromatic carbocycles. The summed E-state index contributed by atoms with van der Waals surface area (Å²) in [5.41, 5.74) is 5.62. The van der Waals surface area contributed by atoms with E-state index in [-0.39, 0.29) is 41.8 Å². The average Bonchev–Trinajstić information content (AvgIpc) is 4.13. The van der Waals surface area contributed by atoms with Crippen molar-refractivity contribution in [3.05, 3.63) is 72.3 Å². The Bertz CT molecular complexity index is 2690. The van der Waals surface area contributed by atoms with E-state index in [0.717, 1.165) is 98.5 Å². The van der Waals surface area contributed by atoms with Gasteiger partial charge in [-0.15, -0.1) is 0 Å². The number of imidazole rings is 2. The first-order valence-corrected chi connectivity index (χ1v) is 21.2. The summed E-state index contributed by atoms with van der Waals surface area (Å²) in [6, 6.07) is 19.1. The summed E-state index contributed by atoms with van der Waals surface area (Å²) < 4.78 is 15.2. The molecular formula is C46H52N8O7. The Kier molecular flexibility index (Phi) is 10.5. The lowest BCUT2D eigenvalue weighted by molar-refractivity contribution is -0.141. The summed E-state index contributed by atoms with van der Waals surface area (Å²) in [6.07, 6.45) is 2.55. The predicted molar refractivity (Wildman–Crippen MR) is 231 cm³/mol. The van der Waals surface area contributed by atoms with Gasteiger partial charge in [0.1, 0.15) is 23.7 Å². The molecule has 1 unspecified atom stereocenters. The van der Waals surface area contributed by atoms with E-state index in [9.17, 15) is 19.2 Å². The first kappa shape index (κ1) is 40.2. The van der Waals surface area contributed by atoms with Gasteiger partial charge in [0.25, 0.3) is 0 Å². The number of fused-ring (bicyclic) bond motifs is 8. The Morgan fingerprint density at radius 2 is 1.31 bits per heavy atom. The van der Waals surface area contributed by atoms with E-state index in [2.05, 4.69) is 75.2 Å². The molecule has 9 rings (SSSR count). The van der Waals surface area contributed by atoms with Crippen LogP contribution in [0.15, 0.2) is 60.7 Å². The third kappa shape index (κ3) is 7.07. The van der Waals surface area contributed by atoms with Gasteiger partial charge >= 0.3 is 12.2 Å². The van der Waals surface area contributed by atoms with Gasteiger partial charge in [-0.2, -0.15) is 0 Å². The van der Waals surface area contributed by atoms with Gasteiger partial charge in [0.15, 0.2) is 0 Å². The zero-order valence-electron chi connectivity index (χ0n) is 35.3. The van der Waals surface area contributed by atoms with Crippen LogP contribution in [-0.2, 0) is 23.8 Å². The van der Waals surface area contributed by atoms with Gasteiger partial charge in [-0.1, -0.05) is 50.2 Å². The molecule has 0 radical (unpaired) electrons. The fraction of sp³-hybridized carbons (Fsp3) is 0.435. The summed E-state index contributed by atoms with van der Waals surface area (Å²) in [6.45, 7) is 6.17. The summed E-state index contributed by atoms with van der Waals surface area (Å²) in [4.78, 5) is 73.3. The molecule has 6 aromatic rings. The van der Waals surface area contributed by atoms with Gasteiger partial charge < -0.3 is 44.6 Å². The Morgan fingerprint density at radius 1 is 0.721 bits per heavy atom. The van der Waals surface area contributed by atoms with Crippen molar-refractivity contribution in [3.63, 3.8) is 0 Å². The molecule has 15 heteroatoms. The third-order valence-electron chi connectivity index (χ3n) is 13.2. The number of methoxy groups -OCH3 is 3. The molecule has 4 heterocycles. The summed E-state index contributed by atoms with van der Waals surface area (Å²) in [5, 5.41) is 9.54. The molecule has 3 fully saturated rings. The van der Waals surface area contributed by atoms with Crippen LogP contribution in [-0.4, -0.2) is 106 Å². The highest BCUT2D eigenvalue weighted by Crippen LogP contribution is 2.50. The van der Waals surface area contributed by atoms with Crippen molar-refractivity contribution in [2.24, 2.45) is 11.8 Å². The van der Waals surface area contributed by atoms with Crippen LogP contribution in [0.2, 0.25) is 0 Å². The van der Waals surface area contributed by atoms with E-state index in [0.29, 0.717) is 6.54 Å². The molecule has 15 nitrogen and oxygen atoms in total. The number of H-pyrrole nitrogens is 2. The SMILES string of the molecule is COC(=O)NC(C(=O)N1[C@@H]2CC[C@@H](C2)[C@H]1c1nc2c(ccc3cc(-c4ccc5c(ccc6[nH]c([C@@H]7CCCN7C(=O)[C@@H](NC(=O)OC)C(C)C)nc65)c4)ccc32)[nH]1)[C@@H](C)OC. The molecule has 4 N–H and O–H groups in total. The highest BCUT2D eigenvalue weighted by molar-refractivity contribution is 6.07. The number of piperidine rings is 1. The zero-order chi connectivity index (χ0) is 42.7. The number of nitrogens with one attached hydrogen (secondary N) is 4. The standard InChI is InChI=1S/C46H52N8O7/c1-23(2)36(51-45(57)60-5)43(55)53-19-7-8-35(53)41-47-33-17-12-27-20-25(10-15-31(27)38(33)49-41)26-11-16-32-28(21-26)13-18-34-39(32)50-42(48-34)40-29-9-14-30(22-29)54(40)44(56)37(24(3)59-4)52-46(58)61-6/h10-13,15-18,20-21,23-24,29-30,35-37,40H,7-9,14,19,22H2,1-6H3,(H,47,49)(H,48,50)(H,51,57)(H,52,58)/t24-,29+,30-,35+,36+,37?,40+/m1/s1. The predicted octanol–water partition coefficient (Wildman–Crippen LogP) is 7.27. The Morgan fingerprint density at radius 3 is 1.90 bits per heavy atom. The minimum Gasteiger partial charge on any atom is -0.453 e. The molecule has 2 aromatic heterocycles. The van der Waals surface area contributed by atoms with E-state index < -0.39 is 30.4 Å². The zero-order valence-corrected chi connectivity index (χ0v) is 35.3. The van der Waals surface area contributed by atoms with Crippen molar-refractivity contribution in [3.8, 4) is 11.1 Å². The van der Waals surface area contributed by atoms with Gasteiger partial charge in [0.05, 0.1) is 54.5 Å². The van der Waals surface area contributed by atoms with Crippen molar-refractivity contribution in [2.45, 2.75) is 89.2 Å².